The molecule has 6 nitrogen and oxygen atoms in total. The Labute approximate surface area is 112 Å². The van der Waals surface area contributed by atoms with E-state index in [0.29, 0.717) is 13.0 Å². The van der Waals surface area contributed by atoms with Gasteiger partial charge in [0.2, 0.25) is 5.91 Å². The van der Waals surface area contributed by atoms with Crippen molar-refractivity contribution in [1.29, 1.82) is 0 Å². The third-order valence-corrected chi connectivity index (χ3v) is 3.47. The van der Waals surface area contributed by atoms with Gasteiger partial charge >= 0.3 is 11.9 Å². The molecule has 108 valence electrons. The molecule has 1 unspecified atom stereocenters. The molecular weight excluding hydrogens is 250 g/mol. The van der Waals surface area contributed by atoms with Crippen molar-refractivity contribution in [3.63, 3.8) is 0 Å². The van der Waals surface area contributed by atoms with Gasteiger partial charge in [-0.2, -0.15) is 0 Å². The summed E-state index contributed by atoms with van der Waals surface area (Å²) in [6, 6.07) is -0.573. The zero-order valence-electron chi connectivity index (χ0n) is 11.6. The zero-order valence-corrected chi connectivity index (χ0v) is 11.6. The second-order valence-electron chi connectivity index (χ2n) is 5.49. The third-order valence-electron chi connectivity index (χ3n) is 3.47. The summed E-state index contributed by atoms with van der Waals surface area (Å²) in [5.41, 5.74) is -1.13. The largest absolute Gasteiger partial charge is 0.481 e. The average molecular weight is 271 g/mol. The highest BCUT2D eigenvalue weighted by atomic mass is 16.5. The van der Waals surface area contributed by atoms with Gasteiger partial charge in [0.25, 0.3) is 0 Å². The van der Waals surface area contributed by atoms with E-state index in [9.17, 15) is 14.4 Å². The number of esters is 1. The Morgan fingerprint density at radius 2 is 1.95 bits per heavy atom. The van der Waals surface area contributed by atoms with Crippen molar-refractivity contribution in [1.82, 2.24) is 4.90 Å². The minimum absolute atomic E-state index is 0.115. The fourth-order valence-electron chi connectivity index (χ4n) is 2.17. The molecule has 1 amide bonds. The molecular formula is C13H21NO5. The lowest BCUT2D eigenvalue weighted by Gasteiger charge is -2.35. The molecule has 1 rings (SSSR count). The lowest BCUT2D eigenvalue weighted by molar-refractivity contribution is -0.158. The number of methoxy groups -OCH3 is 1. The molecule has 1 heterocycles. The highest BCUT2D eigenvalue weighted by Gasteiger charge is 2.37. The van der Waals surface area contributed by atoms with Crippen LogP contribution in [0.2, 0.25) is 0 Å². The van der Waals surface area contributed by atoms with E-state index in [1.807, 2.05) is 0 Å². The van der Waals surface area contributed by atoms with Crippen molar-refractivity contribution in [2.24, 2.45) is 5.41 Å². The van der Waals surface area contributed by atoms with Crippen molar-refractivity contribution in [2.75, 3.05) is 13.7 Å². The average Bonchev–Trinajstić information content (AvgIpc) is 2.37. The molecule has 1 aliphatic heterocycles. The first-order valence-corrected chi connectivity index (χ1v) is 6.40. The first-order chi connectivity index (χ1) is 8.79. The molecule has 0 aromatic heterocycles. The van der Waals surface area contributed by atoms with E-state index in [4.69, 9.17) is 9.84 Å². The lowest BCUT2D eigenvalue weighted by atomic mass is 9.88. The zero-order chi connectivity index (χ0) is 14.6. The molecule has 0 aromatic rings. The van der Waals surface area contributed by atoms with Gasteiger partial charge in [0, 0.05) is 13.0 Å². The van der Waals surface area contributed by atoms with Crippen molar-refractivity contribution in [2.45, 2.75) is 45.6 Å². The van der Waals surface area contributed by atoms with Gasteiger partial charge in [-0.15, -0.1) is 0 Å². The Kier molecular flexibility index (Phi) is 4.91. The van der Waals surface area contributed by atoms with E-state index < -0.39 is 23.4 Å². The van der Waals surface area contributed by atoms with Crippen LogP contribution in [0.25, 0.3) is 0 Å². The molecule has 1 N–H and O–H groups in total. The fourth-order valence-corrected chi connectivity index (χ4v) is 2.17. The van der Waals surface area contributed by atoms with Crippen LogP contribution in [0.1, 0.15) is 39.5 Å². The summed E-state index contributed by atoms with van der Waals surface area (Å²) < 4.78 is 4.70. The molecule has 1 atom stereocenters. The number of amides is 1. The van der Waals surface area contributed by atoms with E-state index in [1.165, 1.54) is 25.9 Å². The maximum Gasteiger partial charge on any atom is 0.328 e. The number of carboxylic acid groups (broad SMARTS) is 1. The molecule has 0 aromatic carbocycles. The monoisotopic (exact) mass is 271 g/mol. The van der Waals surface area contributed by atoms with Gasteiger partial charge in [0.05, 0.1) is 12.5 Å². The molecule has 6 heteroatoms. The summed E-state index contributed by atoms with van der Waals surface area (Å²) in [5.74, 6) is -1.75. The van der Waals surface area contributed by atoms with Crippen LogP contribution in [0.5, 0.6) is 0 Å². The summed E-state index contributed by atoms with van der Waals surface area (Å²) in [4.78, 5) is 36.4. The van der Waals surface area contributed by atoms with Gasteiger partial charge < -0.3 is 14.7 Å². The van der Waals surface area contributed by atoms with Gasteiger partial charge in [-0.3, -0.25) is 9.59 Å². The lowest BCUT2D eigenvalue weighted by Crippen LogP contribution is -2.49. The van der Waals surface area contributed by atoms with Crippen LogP contribution in [0, 0.1) is 5.41 Å². The maximum absolute atomic E-state index is 12.2. The van der Waals surface area contributed by atoms with Gasteiger partial charge in [-0.1, -0.05) is 0 Å². The molecule has 1 saturated heterocycles. The van der Waals surface area contributed by atoms with Crippen LogP contribution in [-0.2, 0) is 19.1 Å². The molecule has 0 spiro atoms. The SMILES string of the molecule is COC(=O)C1CCCCN1C(=O)CC(C)(C)C(=O)O. The Morgan fingerprint density at radius 1 is 1.32 bits per heavy atom. The standard InChI is InChI=1S/C13H21NO5/c1-13(2,12(17)18)8-10(15)14-7-5-4-6-9(14)11(16)19-3/h9H,4-8H2,1-3H3,(H,17,18). The highest BCUT2D eigenvalue weighted by Crippen LogP contribution is 2.25. The van der Waals surface area contributed by atoms with Gasteiger partial charge in [0.15, 0.2) is 0 Å². The van der Waals surface area contributed by atoms with E-state index in [2.05, 4.69) is 0 Å². The number of carbonyl (C=O) groups is 3. The van der Waals surface area contributed by atoms with E-state index in [0.717, 1.165) is 12.8 Å². The molecule has 1 aliphatic rings. The molecule has 1 fully saturated rings. The van der Waals surface area contributed by atoms with E-state index >= 15 is 0 Å². The second kappa shape index (κ2) is 6.04. The molecule has 0 saturated carbocycles. The minimum atomic E-state index is -1.13. The molecule has 0 radical (unpaired) electrons. The predicted octanol–water partition coefficient (Wildman–Crippen LogP) is 1.04. The number of likely N-dealkylation sites (tertiary alicyclic amines) is 1. The minimum Gasteiger partial charge on any atom is -0.481 e. The first-order valence-electron chi connectivity index (χ1n) is 6.40. The van der Waals surface area contributed by atoms with E-state index in [-0.39, 0.29) is 12.3 Å². The number of carboxylic acids is 1. The number of nitrogens with zero attached hydrogens (tertiary/aromatic N) is 1. The van der Waals surface area contributed by atoms with Gasteiger partial charge in [-0.05, 0) is 33.1 Å². The number of piperidine rings is 1. The van der Waals surface area contributed by atoms with Crippen molar-refractivity contribution in [3.8, 4) is 0 Å². The number of hydrogen-bond acceptors (Lipinski definition) is 4. The number of aliphatic carboxylic acids is 1. The summed E-state index contributed by atoms with van der Waals surface area (Å²) in [5, 5.41) is 9.05. The maximum atomic E-state index is 12.2. The Morgan fingerprint density at radius 3 is 2.47 bits per heavy atom. The van der Waals surface area contributed by atoms with Gasteiger partial charge in [0.1, 0.15) is 6.04 Å². The number of carbonyl (C=O) groups excluding carboxylic acids is 2. The number of ether oxygens (including phenoxy) is 1. The number of rotatable bonds is 4. The van der Waals surface area contributed by atoms with Crippen LogP contribution >= 0.6 is 0 Å². The smallest absolute Gasteiger partial charge is 0.328 e. The predicted molar refractivity (Wildman–Crippen MR) is 67.4 cm³/mol. The molecule has 0 aliphatic carbocycles. The summed E-state index contributed by atoms with van der Waals surface area (Å²) in [6.45, 7) is 3.49. The quantitative estimate of drug-likeness (QED) is 0.772. The summed E-state index contributed by atoms with van der Waals surface area (Å²) in [7, 11) is 1.29. The molecule has 19 heavy (non-hydrogen) atoms. The number of hydrogen-bond donors (Lipinski definition) is 1. The summed E-state index contributed by atoms with van der Waals surface area (Å²) in [6.07, 6.45) is 2.15. The van der Waals surface area contributed by atoms with Crippen LogP contribution in [-0.4, -0.2) is 47.5 Å². The van der Waals surface area contributed by atoms with Gasteiger partial charge in [-0.25, -0.2) is 4.79 Å². The Hall–Kier alpha value is -1.59. The van der Waals surface area contributed by atoms with Crippen LogP contribution < -0.4 is 0 Å². The second-order valence-corrected chi connectivity index (χ2v) is 5.49. The normalized spacial score (nSPS) is 19.9. The van der Waals surface area contributed by atoms with Crippen molar-refractivity contribution >= 4 is 17.8 Å². The topological polar surface area (TPSA) is 83.9 Å². The van der Waals surface area contributed by atoms with E-state index in [1.54, 1.807) is 0 Å². The third kappa shape index (κ3) is 3.68. The van der Waals surface area contributed by atoms with Crippen LogP contribution in [0.15, 0.2) is 0 Å². The van der Waals surface area contributed by atoms with Crippen molar-refractivity contribution < 1.29 is 24.2 Å². The molecule has 0 bridgehead atoms. The Balaban J connectivity index is 2.78. The van der Waals surface area contributed by atoms with Crippen molar-refractivity contribution in [3.05, 3.63) is 0 Å². The van der Waals surface area contributed by atoms with Crippen LogP contribution in [0.3, 0.4) is 0 Å². The first kappa shape index (κ1) is 15.5. The summed E-state index contributed by atoms with van der Waals surface area (Å²) >= 11 is 0. The highest BCUT2D eigenvalue weighted by molar-refractivity contribution is 5.88. The fraction of sp³-hybridized carbons (Fsp3) is 0.769. The van der Waals surface area contributed by atoms with Crippen LogP contribution in [0.4, 0.5) is 0 Å². The Bertz CT molecular complexity index is 377.